The highest BCUT2D eigenvalue weighted by atomic mass is 16.5. The number of benzene rings is 1. The van der Waals surface area contributed by atoms with Crippen LogP contribution in [0, 0.1) is 0 Å². The molecule has 7 heteroatoms. The van der Waals surface area contributed by atoms with E-state index in [0.29, 0.717) is 31.6 Å². The number of anilines is 1. The molecule has 1 aromatic rings. The van der Waals surface area contributed by atoms with Crippen LogP contribution in [0.3, 0.4) is 0 Å². The molecule has 2 fully saturated rings. The summed E-state index contributed by atoms with van der Waals surface area (Å²) in [5.74, 6) is -0.907. The number of carbonyl (C=O) groups is 3. The quantitative estimate of drug-likeness (QED) is 0.819. The van der Waals surface area contributed by atoms with Crippen molar-refractivity contribution in [3.8, 4) is 5.75 Å². The Morgan fingerprint density at radius 1 is 1.29 bits per heavy atom. The molecule has 1 aromatic carbocycles. The molecule has 0 bridgehead atoms. The highest BCUT2D eigenvalue weighted by molar-refractivity contribution is 5.95. The van der Waals surface area contributed by atoms with Gasteiger partial charge in [0.25, 0.3) is 5.91 Å². The molecule has 2 amide bonds. The van der Waals surface area contributed by atoms with Crippen molar-refractivity contribution in [3.63, 3.8) is 0 Å². The molecule has 0 radical (unpaired) electrons. The number of carboxylic acids is 1. The second-order valence-corrected chi connectivity index (χ2v) is 6.22. The fourth-order valence-corrected chi connectivity index (χ4v) is 3.04. The number of rotatable bonds is 6. The predicted molar refractivity (Wildman–Crippen MR) is 85.9 cm³/mol. The van der Waals surface area contributed by atoms with Gasteiger partial charge in [0.15, 0.2) is 6.61 Å². The molecule has 0 spiro atoms. The summed E-state index contributed by atoms with van der Waals surface area (Å²) in [6.45, 7) is 0.427. The SMILES string of the molecule is O=C(COc1cccc(N2CCCC2=O)c1)NC1(C(=O)O)CCC1. The molecule has 24 heavy (non-hydrogen) atoms. The summed E-state index contributed by atoms with van der Waals surface area (Å²) in [5.41, 5.74) is -0.388. The van der Waals surface area contributed by atoms with Crippen LogP contribution >= 0.6 is 0 Å². The van der Waals surface area contributed by atoms with Crippen LogP contribution < -0.4 is 15.0 Å². The second-order valence-electron chi connectivity index (χ2n) is 6.22. The Hall–Kier alpha value is -2.57. The molecule has 3 rings (SSSR count). The standard InChI is InChI=1S/C17H20N2O5/c20-14(18-17(16(22)23)7-3-8-17)11-24-13-5-1-4-12(10-13)19-9-2-6-15(19)21/h1,4-5,10H,2-3,6-9,11H2,(H,18,20)(H,22,23). The van der Waals surface area contributed by atoms with E-state index in [1.165, 1.54) is 0 Å². The van der Waals surface area contributed by atoms with Gasteiger partial charge in [0.05, 0.1) is 0 Å². The van der Waals surface area contributed by atoms with Gasteiger partial charge in [-0.25, -0.2) is 4.79 Å². The molecule has 2 N–H and O–H groups in total. The molecule has 0 unspecified atom stereocenters. The van der Waals surface area contributed by atoms with Gasteiger partial charge < -0.3 is 20.1 Å². The first-order valence-electron chi connectivity index (χ1n) is 8.08. The van der Waals surface area contributed by atoms with Crippen molar-refractivity contribution in [3.05, 3.63) is 24.3 Å². The van der Waals surface area contributed by atoms with Gasteiger partial charge in [-0.2, -0.15) is 0 Å². The number of ether oxygens (including phenoxy) is 1. The molecule has 1 aliphatic heterocycles. The third kappa shape index (κ3) is 3.20. The summed E-state index contributed by atoms with van der Waals surface area (Å²) in [4.78, 5) is 36.7. The molecule has 1 heterocycles. The number of hydrogen-bond acceptors (Lipinski definition) is 4. The maximum Gasteiger partial charge on any atom is 0.329 e. The zero-order chi connectivity index (χ0) is 17.2. The lowest BCUT2D eigenvalue weighted by molar-refractivity contribution is -0.152. The molecule has 1 aliphatic carbocycles. The predicted octanol–water partition coefficient (Wildman–Crippen LogP) is 1.32. The minimum absolute atomic E-state index is 0.0817. The number of nitrogens with one attached hydrogen (secondary N) is 1. The van der Waals surface area contributed by atoms with E-state index in [2.05, 4.69) is 5.32 Å². The zero-order valence-electron chi connectivity index (χ0n) is 13.3. The fourth-order valence-electron chi connectivity index (χ4n) is 3.04. The fraction of sp³-hybridized carbons (Fsp3) is 0.471. The van der Waals surface area contributed by atoms with Gasteiger partial charge >= 0.3 is 5.97 Å². The Morgan fingerprint density at radius 2 is 2.08 bits per heavy atom. The minimum Gasteiger partial charge on any atom is -0.484 e. The third-order valence-electron chi connectivity index (χ3n) is 4.57. The van der Waals surface area contributed by atoms with Crippen LogP contribution in [0.4, 0.5) is 5.69 Å². The van der Waals surface area contributed by atoms with Gasteiger partial charge in [-0.3, -0.25) is 9.59 Å². The number of carbonyl (C=O) groups excluding carboxylic acids is 2. The average molecular weight is 332 g/mol. The number of carboxylic acid groups (broad SMARTS) is 1. The third-order valence-corrected chi connectivity index (χ3v) is 4.57. The van der Waals surface area contributed by atoms with Crippen LogP contribution in [0.2, 0.25) is 0 Å². The van der Waals surface area contributed by atoms with Crippen molar-refractivity contribution >= 4 is 23.5 Å². The normalized spacial score (nSPS) is 18.8. The topological polar surface area (TPSA) is 95.9 Å². The lowest BCUT2D eigenvalue weighted by Crippen LogP contribution is -2.59. The molecular formula is C17H20N2O5. The Labute approximate surface area is 139 Å². The maximum atomic E-state index is 12.0. The van der Waals surface area contributed by atoms with E-state index in [1.54, 1.807) is 23.1 Å². The lowest BCUT2D eigenvalue weighted by atomic mass is 9.77. The second kappa shape index (κ2) is 6.51. The molecule has 1 saturated carbocycles. The molecule has 128 valence electrons. The molecule has 2 aliphatic rings. The number of nitrogens with zero attached hydrogens (tertiary/aromatic N) is 1. The highest BCUT2D eigenvalue weighted by Gasteiger charge is 2.45. The van der Waals surface area contributed by atoms with Crippen molar-refractivity contribution in [1.29, 1.82) is 0 Å². The van der Waals surface area contributed by atoms with Gasteiger partial charge in [-0.15, -0.1) is 0 Å². The molecule has 0 atom stereocenters. The number of hydrogen-bond donors (Lipinski definition) is 2. The average Bonchev–Trinajstić information content (AvgIpc) is 2.95. The molecule has 0 aromatic heterocycles. The maximum absolute atomic E-state index is 12.0. The van der Waals surface area contributed by atoms with E-state index in [-0.39, 0.29) is 12.5 Å². The van der Waals surface area contributed by atoms with E-state index in [0.717, 1.165) is 18.5 Å². The van der Waals surface area contributed by atoms with Crippen LogP contribution in [0.1, 0.15) is 32.1 Å². The van der Waals surface area contributed by atoms with Gasteiger partial charge in [-0.1, -0.05) is 6.07 Å². The van der Waals surface area contributed by atoms with Gasteiger partial charge in [0.1, 0.15) is 11.3 Å². The molecule has 1 saturated heterocycles. The number of amides is 2. The van der Waals surface area contributed by atoms with Crippen LogP contribution in [0.25, 0.3) is 0 Å². The molecular weight excluding hydrogens is 312 g/mol. The summed E-state index contributed by atoms with van der Waals surface area (Å²) in [7, 11) is 0. The summed E-state index contributed by atoms with van der Waals surface area (Å²) < 4.78 is 5.45. The largest absolute Gasteiger partial charge is 0.484 e. The monoisotopic (exact) mass is 332 g/mol. The highest BCUT2D eigenvalue weighted by Crippen LogP contribution is 2.32. The van der Waals surface area contributed by atoms with E-state index >= 15 is 0 Å². The summed E-state index contributed by atoms with van der Waals surface area (Å²) in [6.07, 6.45) is 3.06. The van der Waals surface area contributed by atoms with Gasteiger partial charge in [0.2, 0.25) is 5.91 Å². The van der Waals surface area contributed by atoms with E-state index in [1.807, 2.05) is 6.07 Å². The minimum atomic E-state index is -1.13. The Balaban J connectivity index is 1.57. The van der Waals surface area contributed by atoms with Crippen molar-refractivity contribution in [2.45, 2.75) is 37.6 Å². The van der Waals surface area contributed by atoms with Gasteiger partial charge in [0, 0.05) is 24.7 Å². The Kier molecular flexibility index (Phi) is 4.42. The van der Waals surface area contributed by atoms with Crippen LogP contribution in [-0.2, 0) is 14.4 Å². The van der Waals surface area contributed by atoms with Crippen molar-refractivity contribution in [2.75, 3.05) is 18.1 Å². The zero-order valence-corrected chi connectivity index (χ0v) is 13.3. The van der Waals surface area contributed by atoms with Crippen molar-refractivity contribution < 1.29 is 24.2 Å². The first-order valence-corrected chi connectivity index (χ1v) is 8.08. The van der Waals surface area contributed by atoms with E-state index in [4.69, 9.17) is 4.74 Å². The summed E-state index contributed by atoms with van der Waals surface area (Å²) >= 11 is 0. The summed E-state index contributed by atoms with van der Waals surface area (Å²) in [6, 6.07) is 7.00. The van der Waals surface area contributed by atoms with Gasteiger partial charge in [-0.05, 0) is 37.8 Å². The van der Waals surface area contributed by atoms with Crippen molar-refractivity contribution in [1.82, 2.24) is 5.32 Å². The smallest absolute Gasteiger partial charge is 0.329 e. The van der Waals surface area contributed by atoms with E-state index in [9.17, 15) is 19.5 Å². The first kappa shape index (κ1) is 16.3. The number of aliphatic carboxylic acids is 1. The van der Waals surface area contributed by atoms with Crippen LogP contribution in [-0.4, -0.2) is 41.6 Å². The summed E-state index contributed by atoms with van der Waals surface area (Å²) in [5, 5.41) is 11.8. The van der Waals surface area contributed by atoms with Crippen LogP contribution in [0.15, 0.2) is 24.3 Å². The molecule has 7 nitrogen and oxygen atoms in total. The first-order chi connectivity index (χ1) is 11.5. The lowest BCUT2D eigenvalue weighted by Gasteiger charge is -2.38. The Morgan fingerprint density at radius 3 is 2.67 bits per heavy atom. The van der Waals surface area contributed by atoms with Crippen molar-refractivity contribution in [2.24, 2.45) is 0 Å². The van der Waals surface area contributed by atoms with Crippen LogP contribution in [0.5, 0.6) is 5.75 Å². The van der Waals surface area contributed by atoms with E-state index < -0.39 is 17.4 Å². The Bertz CT molecular complexity index is 669.